The summed E-state index contributed by atoms with van der Waals surface area (Å²) < 4.78 is 5.35. The molecule has 1 atom stereocenters. The fourth-order valence-corrected chi connectivity index (χ4v) is 1.07. The predicted molar refractivity (Wildman–Crippen MR) is 61.3 cm³/mol. The molecule has 1 rings (SSSR count). The number of hydrogen-bond donors (Lipinski definition) is 2. The van der Waals surface area contributed by atoms with Gasteiger partial charge in [0.1, 0.15) is 6.61 Å². The number of aromatic amines is 1. The van der Waals surface area contributed by atoms with Gasteiger partial charge in [-0.3, -0.25) is 4.79 Å². The number of ether oxygens (including phenoxy) is 1. The first-order valence-corrected chi connectivity index (χ1v) is 5.52. The van der Waals surface area contributed by atoms with E-state index in [-0.39, 0.29) is 24.0 Å². The van der Waals surface area contributed by atoms with Crippen LogP contribution in [0.3, 0.4) is 0 Å². The first-order chi connectivity index (χ1) is 7.88. The number of carbonyl (C=O) groups is 1. The Labute approximate surface area is 100 Å². The molecule has 0 aliphatic carbocycles. The highest BCUT2D eigenvalue weighted by atomic mass is 16.5. The number of aromatic nitrogens is 4. The zero-order valence-corrected chi connectivity index (χ0v) is 10.6. The Morgan fingerprint density at radius 1 is 1.53 bits per heavy atom. The Hall–Kier alpha value is -1.50. The second-order valence-electron chi connectivity index (χ2n) is 4.88. The van der Waals surface area contributed by atoms with E-state index in [4.69, 9.17) is 4.74 Å². The van der Waals surface area contributed by atoms with E-state index in [0.29, 0.717) is 12.4 Å². The second-order valence-corrected chi connectivity index (χ2v) is 4.88. The molecule has 0 saturated heterocycles. The highest BCUT2D eigenvalue weighted by molar-refractivity contribution is 5.77. The van der Waals surface area contributed by atoms with Crippen molar-refractivity contribution in [2.24, 2.45) is 0 Å². The minimum Gasteiger partial charge on any atom is -0.366 e. The van der Waals surface area contributed by atoms with Crippen LogP contribution in [-0.2, 0) is 9.53 Å². The van der Waals surface area contributed by atoms with Gasteiger partial charge in [0, 0.05) is 12.5 Å². The number of rotatable bonds is 5. The maximum atomic E-state index is 11.5. The number of tetrazole rings is 1. The quantitative estimate of drug-likeness (QED) is 0.770. The Morgan fingerprint density at radius 2 is 2.24 bits per heavy atom. The molecule has 1 heterocycles. The first kappa shape index (κ1) is 13.6. The van der Waals surface area contributed by atoms with Crippen LogP contribution in [0.1, 0.15) is 39.4 Å². The Morgan fingerprint density at radius 3 is 2.76 bits per heavy atom. The maximum absolute atomic E-state index is 11.5. The van der Waals surface area contributed by atoms with Crippen molar-refractivity contribution in [1.82, 2.24) is 25.9 Å². The molecule has 0 bridgehead atoms. The average molecular weight is 241 g/mol. The molecule has 0 radical (unpaired) electrons. The predicted octanol–water partition coefficient (Wildman–Crippen LogP) is 0.234. The van der Waals surface area contributed by atoms with E-state index >= 15 is 0 Å². The standard InChI is InChI=1S/C10H19N5O2/c1-7(9-12-14-15-13-9)5-11-8(16)6-17-10(2,3)4/h7H,5-6H2,1-4H3,(H,11,16)(H,12,13,14,15)/t7-/m0/s1. The van der Waals surface area contributed by atoms with Gasteiger partial charge in [-0.05, 0) is 20.8 Å². The van der Waals surface area contributed by atoms with Crippen molar-refractivity contribution in [1.29, 1.82) is 0 Å². The summed E-state index contributed by atoms with van der Waals surface area (Å²) in [5.41, 5.74) is -0.309. The monoisotopic (exact) mass is 241 g/mol. The summed E-state index contributed by atoms with van der Waals surface area (Å²) in [4.78, 5) is 11.5. The van der Waals surface area contributed by atoms with E-state index < -0.39 is 0 Å². The molecule has 0 fully saturated rings. The van der Waals surface area contributed by atoms with Gasteiger partial charge in [0.25, 0.3) is 0 Å². The average Bonchev–Trinajstić information content (AvgIpc) is 2.75. The maximum Gasteiger partial charge on any atom is 0.246 e. The minimum absolute atomic E-state index is 0.0207. The van der Waals surface area contributed by atoms with Gasteiger partial charge in [-0.25, -0.2) is 0 Å². The zero-order chi connectivity index (χ0) is 12.9. The van der Waals surface area contributed by atoms with Gasteiger partial charge in [0.15, 0.2) is 5.82 Å². The molecule has 0 unspecified atom stereocenters. The van der Waals surface area contributed by atoms with Gasteiger partial charge >= 0.3 is 0 Å². The van der Waals surface area contributed by atoms with Crippen molar-refractivity contribution in [3.8, 4) is 0 Å². The van der Waals surface area contributed by atoms with Gasteiger partial charge in [-0.15, -0.1) is 10.2 Å². The van der Waals surface area contributed by atoms with Crippen LogP contribution in [0, 0.1) is 0 Å². The molecular weight excluding hydrogens is 222 g/mol. The van der Waals surface area contributed by atoms with E-state index in [0.717, 1.165) is 0 Å². The molecule has 7 heteroatoms. The van der Waals surface area contributed by atoms with E-state index in [1.54, 1.807) is 0 Å². The fraction of sp³-hybridized carbons (Fsp3) is 0.800. The lowest BCUT2D eigenvalue weighted by molar-refractivity contribution is -0.130. The van der Waals surface area contributed by atoms with Gasteiger partial charge in [-0.1, -0.05) is 12.1 Å². The molecule has 7 nitrogen and oxygen atoms in total. The molecule has 96 valence electrons. The molecular formula is C10H19N5O2. The van der Waals surface area contributed by atoms with E-state index in [2.05, 4.69) is 25.9 Å². The number of carbonyl (C=O) groups excluding carboxylic acids is 1. The lowest BCUT2D eigenvalue weighted by atomic mass is 10.1. The van der Waals surface area contributed by atoms with Crippen molar-refractivity contribution >= 4 is 5.91 Å². The first-order valence-electron chi connectivity index (χ1n) is 5.52. The van der Waals surface area contributed by atoms with Gasteiger partial charge in [0.2, 0.25) is 5.91 Å². The summed E-state index contributed by atoms with van der Waals surface area (Å²) in [5, 5.41) is 16.3. The Balaban J connectivity index is 2.24. The lowest BCUT2D eigenvalue weighted by Crippen LogP contribution is -2.34. The third kappa shape index (κ3) is 5.39. The molecule has 0 aromatic carbocycles. The molecule has 2 N–H and O–H groups in total. The number of H-pyrrole nitrogens is 1. The van der Waals surface area contributed by atoms with E-state index in [9.17, 15) is 4.79 Å². The zero-order valence-electron chi connectivity index (χ0n) is 10.6. The van der Waals surface area contributed by atoms with Crippen LogP contribution in [0.5, 0.6) is 0 Å². The van der Waals surface area contributed by atoms with Gasteiger partial charge in [0.05, 0.1) is 5.60 Å². The third-order valence-corrected chi connectivity index (χ3v) is 2.04. The van der Waals surface area contributed by atoms with Gasteiger partial charge in [-0.2, -0.15) is 5.21 Å². The van der Waals surface area contributed by atoms with Crippen LogP contribution in [0.4, 0.5) is 0 Å². The van der Waals surface area contributed by atoms with E-state index in [1.807, 2.05) is 27.7 Å². The highest BCUT2D eigenvalue weighted by Crippen LogP contribution is 2.07. The number of nitrogens with one attached hydrogen (secondary N) is 2. The van der Waals surface area contributed by atoms with E-state index in [1.165, 1.54) is 0 Å². The van der Waals surface area contributed by atoms with Crippen molar-refractivity contribution in [3.63, 3.8) is 0 Å². The summed E-state index contributed by atoms with van der Waals surface area (Å²) >= 11 is 0. The fourth-order valence-electron chi connectivity index (χ4n) is 1.07. The summed E-state index contributed by atoms with van der Waals surface area (Å²) in [6, 6.07) is 0. The number of hydrogen-bond acceptors (Lipinski definition) is 5. The largest absolute Gasteiger partial charge is 0.366 e. The third-order valence-electron chi connectivity index (χ3n) is 2.04. The molecule has 1 amide bonds. The summed E-state index contributed by atoms with van der Waals surface area (Å²) in [6.45, 7) is 8.15. The minimum atomic E-state index is -0.309. The lowest BCUT2D eigenvalue weighted by Gasteiger charge is -2.19. The van der Waals surface area contributed by atoms with Crippen molar-refractivity contribution < 1.29 is 9.53 Å². The highest BCUT2D eigenvalue weighted by Gasteiger charge is 2.15. The van der Waals surface area contributed by atoms with Crippen LogP contribution in [0.25, 0.3) is 0 Å². The SMILES string of the molecule is C[C@@H](CNC(=O)COC(C)(C)C)c1nn[nH]n1. The molecule has 1 aromatic heterocycles. The number of amides is 1. The Bertz CT molecular complexity index is 344. The van der Waals surface area contributed by atoms with Crippen LogP contribution in [-0.4, -0.2) is 45.3 Å². The van der Waals surface area contributed by atoms with Crippen molar-refractivity contribution in [2.75, 3.05) is 13.2 Å². The van der Waals surface area contributed by atoms with Crippen LogP contribution < -0.4 is 5.32 Å². The molecule has 1 aromatic rings. The Kier molecular flexibility index (Phi) is 4.56. The summed E-state index contributed by atoms with van der Waals surface area (Å²) in [6.07, 6.45) is 0. The normalized spacial score (nSPS) is 13.4. The molecule has 0 aliphatic heterocycles. The van der Waals surface area contributed by atoms with Crippen molar-refractivity contribution in [3.05, 3.63) is 5.82 Å². The van der Waals surface area contributed by atoms with Crippen LogP contribution in [0.2, 0.25) is 0 Å². The molecule has 0 aliphatic rings. The topological polar surface area (TPSA) is 92.8 Å². The summed E-state index contributed by atoms with van der Waals surface area (Å²) in [7, 11) is 0. The summed E-state index contributed by atoms with van der Waals surface area (Å²) in [5.74, 6) is 0.463. The smallest absolute Gasteiger partial charge is 0.246 e. The van der Waals surface area contributed by atoms with Gasteiger partial charge < -0.3 is 10.1 Å². The van der Waals surface area contributed by atoms with Crippen LogP contribution in [0.15, 0.2) is 0 Å². The molecule has 17 heavy (non-hydrogen) atoms. The van der Waals surface area contributed by atoms with Crippen molar-refractivity contribution in [2.45, 2.75) is 39.2 Å². The van der Waals surface area contributed by atoms with Crippen LogP contribution >= 0.6 is 0 Å². The molecule has 0 saturated carbocycles. The molecule has 0 spiro atoms. The second kappa shape index (κ2) is 5.72. The number of nitrogens with zero attached hydrogens (tertiary/aromatic N) is 3.